The van der Waals surface area contributed by atoms with Crippen LogP contribution in [0, 0.1) is 0 Å². The monoisotopic (exact) mass is 163 g/mol. The van der Waals surface area contributed by atoms with E-state index in [0.29, 0.717) is 0 Å². The molecule has 1 heterocycles. The van der Waals surface area contributed by atoms with Crippen LogP contribution in [0.2, 0.25) is 5.02 Å². The number of aromatic nitrogens is 1. The molecule has 0 fully saturated rings. The van der Waals surface area contributed by atoms with Gasteiger partial charge < -0.3 is 0 Å². The summed E-state index contributed by atoms with van der Waals surface area (Å²) in [6.07, 6.45) is 3.58. The number of rotatable bonds is 0. The zero-order valence-corrected chi connectivity index (χ0v) is 6.55. The predicted octanol–water partition coefficient (Wildman–Crippen LogP) is 2.89. The third kappa shape index (κ3) is 1.19. The molecule has 0 aliphatic heterocycles. The predicted molar refractivity (Wildman–Crippen MR) is 46.8 cm³/mol. The van der Waals surface area contributed by atoms with E-state index in [-0.39, 0.29) is 0 Å². The topological polar surface area (TPSA) is 12.9 Å². The van der Waals surface area contributed by atoms with Gasteiger partial charge in [0.25, 0.3) is 0 Å². The standard InChI is InChI=1S/C9H6ClN/c10-9-2-1-7-3-4-11-6-8(7)5-9/h1-6H. The first-order valence-electron chi connectivity index (χ1n) is 3.35. The third-order valence-corrected chi connectivity index (χ3v) is 1.84. The van der Waals surface area contributed by atoms with E-state index in [4.69, 9.17) is 11.6 Å². The smallest absolute Gasteiger partial charge is 0.0412 e. The molecule has 0 bridgehead atoms. The minimum absolute atomic E-state index is 0.755. The molecule has 1 aromatic carbocycles. The van der Waals surface area contributed by atoms with Gasteiger partial charge in [-0.3, -0.25) is 4.98 Å². The van der Waals surface area contributed by atoms with E-state index in [2.05, 4.69) is 4.98 Å². The van der Waals surface area contributed by atoms with E-state index in [0.717, 1.165) is 10.4 Å². The maximum atomic E-state index is 5.79. The van der Waals surface area contributed by atoms with Gasteiger partial charge in [0.15, 0.2) is 0 Å². The molecule has 0 spiro atoms. The Bertz CT molecular complexity index is 384. The van der Waals surface area contributed by atoms with Crippen molar-refractivity contribution in [2.24, 2.45) is 0 Å². The van der Waals surface area contributed by atoms with E-state index in [1.807, 2.05) is 24.3 Å². The first-order chi connectivity index (χ1) is 5.36. The van der Waals surface area contributed by atoms with Crippen molar-refractivity contribution in [3.05, 3.63) is 41.7 Å². The second-order valence-electron chi connectivity index (χ2n) is 2.37. The molecule has 0 aliphatic carbocycles. The van der Waals surface area contributed by atoms with Crippen LogP contribution in [0.5, 0.6) is 0 Å². The number of nitrogens with zero attached hydrogens (tertiary/aromatic N) is 1. The normalized spacial score (nSPS) is 10.3. The number of benzene rings is 1. The lowest BCUT2D eigenvalue weighted by Crippen LogP contribution is -1.73. The zero-order chi connectivity index (χ0) is 7.68. The van der Waals surface area contributed by atoms with Gasteiger partial charge in [-0.25, -0.2) is 0 Å². The lowest BCUT2D eigenvalue weighted by Gasteiger charge is -1.94. The second-order valence-corrected chi connectivity index (χ2v) is 2.80. The number of halogens is 1. The van der Waals surface area contributed by atoms with Crippen LogP contribution in [-0.2, 0) is 0 Å². The molecular formula is C9H6ClN. The highest BCUT2D eigenvalue weighted by atomic mass is 35.5. The molecule has 1 nitrogen and oxygen atoms in total. The van der Waals surface area contributed by atoms with E-state index < -0.39 is 0 Å². The van der Waals surface area contributed by atoms with Gasteiger partial charge in [-0.2, -0.15) is 0 Å². The molecular weight excluding hydrogens is 158 g/mol. The van der Waals surface area contributed by atoms with E-state index in [1.165, 1.54) is 5.39 Å². The average molecular weight is 164 g/mol. The average Bonchev–Trinajstić information content (AvgIpc) is 2.04. The van der Waals surface area contributed by atoms with Crippen molar-refractivity contribution < 1.29 is 0 Å². The van der Waals surface area contributed by atoms with Gasteiger partial charge >= 0.3 is 0 Å². The van der Waals surface area contributed by atoms with Gasteiger partial charge in [-0.15, -0.1) is 0 Å². The fourth-order valence-electron chi connectivity index (χ4n) is 1.06. The van der Waals surface area contributed by atoms with Crippen molar-refractivity contribution >= 4 is 22.4 Å². The molecule has 2 aromatic rings. The van der Waals surface area contributed by atoms with Crippen molar-refractivity contribution in [1.29, 1.82) is 0 Å². The van der Waals surface area contributed by atoms with Crippen molar-refractivity contribution in [2.45, 2.75) is 0 Å². The lowest BCUT2D eigenvalue weighted by molar-refractivity contribution is 1.36. The molecule has 0 radical (unpaired) electrons. The van der Waals surface area contributed by atoms with Crippen molar-refractivity contribution in [2.75, 3.05) is 0 Å². The highest BCUT2D eigenvalue weighted by Gasteiger charge is 1.91. The molecule has 54 valence electrons. The highest BCUT2D eigenvalue weighted by molar-refractivity contribution is 6.31. The van der Waals surface area contributed by atoms with Gasteiger partial charge in [0.1, 0.15) is 0 Å². The van der Waals surface area contributed by atoms with E-state index in [9.17, 15) is 0 Å². The second kappa shape index (κ2) is 2.51. The first kappa shape index (κ1) is 6.62. The quantitative estimate of drug-likeness (QED) is 0.582. The van der Waals surface area contributed by atoms with Crippen LogP contribution in [-0.4, -0.2) is 4.98 Å². The van der Waals surface area contributed by atoms with Crippen LogP contribution in [0.4, 0.5) is 0 Å². The SMILES string of the molecule is Clc1ccc2ccncc2c1. The minimum atomic E-state index is 0.755. The fourth-order valence-corrected chi connectivity index (χ4v) is 1.24. The summed E-state index contributed by atoms with van der Waals surface area (Å²) in [5, 5.41) is 3.01. The fraction of sp³-hybridized carbons (Fsp3) is 0. The summed E-state index contributed by atoms with van der Waals surface area (Å²) < 4.78 is 0. The summed E-state index contributed by atoms with van der Waals surface area (Å²) in [6.45, 7) is 0. The molecule has 2 heteroatoms. The molecule has 0 N–H and O–H groups in total. The van der Waals surface area contributed by atoms with Crippen LogP contribution in [0.3, 0.4) is 0 Å². The Hall–Kier alpha value is -1.08. The van der Waals surface area contributed by atoms with Crippen LogP contribution in [0.15, 0.2) is 36.7 Å². The van der Waals surface area contributed by atoms with Gasteiger partial charge in [-0.05, 0) is 23.6 Å². The van der Waals surface area contributed by atoms with Crippen LogP contribution in [0.1, 0.15) is 0 Å². The minimum Gasteiger partial charge on any atom is -0.264 e. The van der Waals surface area contributed by atoms with E-state index >= 15 is 0 Å². The number of hydrogen-bond acceptors (Lipinski definition) is 1. The van der Waals surface area contributed by atoms with Gasteiger partial charge in [0.2, 0.25) is 0 Å². The molecule has 2 rings (SSSR count). The summed E-state index contributed by atoms with van der Waals surface area (Å²) in [6, 6.07) is 7.73. The Kier molecular flexibility index (Phi) is 1.51. The Labute approximate surface area is 69.6 Å². The summed E-state index contributed by atoms with van der Waals surface area (Å²) in [4.78, 5) is 4.00. The Morgan fingerprint density at radius 2 is 2.00 bits per heavy atom. The highest BCUT2D eigenvalue weighted by Crippen LogP contribution is 2.17. The first-order valence-corrected chi connectivity index (χ1v) is 3.73. The molecule has 0 saturated heterocycles. The third-order valence-electron chi connectivity index (χ3n) is 1.60. The summed E-state index contributed by atoms with van der Waals surface area (Å²) >= 11 is 5.79. The maximum absolute atomic E-state index is 5.79. The van der Waals surface area contributed by atoms with Gasteiger partial charge in [0, 0.05) is 22.8 Å². The molecule has 0 unspecified atom stereocenters. The molecule has 0 amide bonds. The number of fused-ring (bicyclic) bond motifs is 1. The van der Waals surface area contributed by atoms with Crippen molar-refractivity contribution in [3.8, 4) is 0 Å². The van der Waals surface area contributed by atoms with Crippen LogP contribution in [0.25, 0.3) is 10.8 Å². The Morgan fingerprint density at radius 3 is 2.91 bits per heavy atom. The number of pyridine rings is 1. The molecule has 0 aliphatic rings. The molecule has 0 saturated carbocycles. The summed E-state index contributed by atoms with van der Waals surface area (Å²) in [7, 11) is 0. The molecule has 0 atom stereocenters. The van der Waals surface area contributed by atoms with Crippen molar-refractivity contribution in [1.82, 2.24) is 4.98 Å². The van der Waals surface area contributed by atoms with Gasteiger partial charge in [0.05, 0.1) is 0 Å². The largest absolute Gasteiger partial charge is 0.264 e. The maximum Gasteiger partial charge on any atom is 0.0412 e. The molecule has 1 aromatic heterocycles. The molecule has 11 heavy (non-hydrogen) atoms. The van der Waals surface area contributed by atoms with E-state index in [1.54, 1.807) is 12.4 Å². The zero-order valence-electron chi connectivity index (χ0n) is 5.79. The van der Waals surface area contributed by atoms with Gasteiger partial charge in [-0.1, -0.05) is 17.7 Å². The number of hydrogen-bond donors (Lipinski definition) is 0. The summed E-state index contributed by atoms with van der Waals surface area (Å²) in [5.74, 6) is 0. The summed E-state index contributed by atoms with van der Waals surface area (Å²) in [5.41, 5.74) is 0. The Morgan fingerprint density at radius 1 is 1.09 bits per heavy atom. The van der Waals surface area contributed by atoms with Crippen molar-refractivity contribution in [3.63, 3.8) is 0 Å². The van der Waals surface area contributed by atoms with Crippen LogP contribution < -0.4 is 0 Å². The Balaban J connectivity index is 2.83. The van der Waals surface area contributed by atoms with Crippen LogP contribution >= 0.6 is 11.6 Å². The lowest BCUT2D eigenvalue weighted by atomic mass is 10.2.